The topological polar surface area (TPSA) is 71.3 Å². The number of nitrogens with one attached hydrogen (secondary N) is 1. The maximum absolute atomic E-state index is 13.0. The Morgan fingerprint density at radius 2 is 1.81 bits per heavy atom. The lowest BCUT2D eigenvalue weighted by atomic mass is 9.95. The highest BCUT2D eigenvalue weighted by Gasteiger charge is 2.26. The highest BCUT2D eigenvalue weighted by molar-refractivity contribution is 7.13. The molecule has 162 valence electrons. The number of benzene rings is 2. The molecule has 0 spiro atoms. The van der Waals surface area contributed by atoms with Crippen LogP contribution in [0.2, 0.25) is 0 Å². The molecule has 0 aliphatic carbocycles. The van der Waals surface area contributed by atoms with E-state index in [-0.39, 0.29) is 11.8 Å². The van der Waals surface area contributed by atoms with Gasteiger partial charge in [-0.25, -0.2) is 0 Å². The van der Waals surface area contributed by atoms with Crippen LogP contribution in [-0.4, -0.2) is 34.0 Å². The number of para-hydroxylation sites is 1. The van der Waals surface area contributed by atoms with Gasteiger partial charge in [0.15, 0.2) is 0 Å². The third-order valence-corrected chi connectivity index (χ3v) is 6.66. The Bertz CT molecular complexity index is 1170. The molecule has 3 heterocycles. The van der Waals surface area contributed by atoms with Crippen molar-refractivity contribution in [2.45, 2.75) is 19.4 Å². The summed E-state index contributed by atoms with van der Waals surface area (Å²) in [4.78, 5) is 20.8. The van der Waals surface area contributed by atoms with E-state index in [9.17, 15) is 4.79 Å². The van der Waals surface area contributed by atoms with E-state index in [1.54, 1.807) is 11.3 Å². The molecular weight excluding hydrogens is 420 g/mol. The number of nitrogens with zero attached hydrogens (tertiary/aromatic N) is 3. The molecule has 1 aliphatic rings. The van der Waals surface area contributed by atoms with Gasteiger partial charge in [0, 0.05) is 17.2 Å². The van der Waals surface area contributed by atoms with Crippen LogP contribution in [-0.2, 0) is 11.3 Å². The standard InChI is InChI=1S/C25H24N4O2S/c30-25(26-21-10-5-4-9-20(21)18-7-2-1-3-8-18)19-12-14-29(15-13-19)17-23-27-24(28-31-23)22-11-6-16-32-22/h1-11,16,19H,12-15,17H2,(H,26,30). The summed E-state index contributed by atoms with van der Waals surface area (Å²) in [6.07, 6.45) is 1.62. The minimum Gasteiger partial charge on any atom is -0.338 e. The van der Waals surface area contributed by atoms with Gasteiger partial charge >= 0.3 is 0 Å². The Morgan fingerprint density at radius 1 is 1.03 bits per heavy atom. The van der Waals surface area contributed by atoms with E-state index in [0.29, 0.717) is 18.3 Å². The summed E-state index contributed by atoms with van der Waals surface area (Å²) in [7, 11) is 0. The van der Waals surface area contributed by atoms with Gasteiger partial charge in [-0.05, 0) is 49.0 Å². The molecule has 0 bridgehead atoms. The molecule has 1 N–H and O–H groups in total. The summed E-state index contributed by atoms with van der Waals surface area (Å²) in [5, 5.41) is 9.25. The smallest absolute Gasteiger partial charge is 0.241 e. The molecule has 5 rings (SSSR count). The Labute approximate surface area is 190 Å². The van der Waals surface area contributed by atoms with Crippen LogP contribution in [0.1, 0.15) is 18.7 Å². The molecule has 1 fully saturated rings. The first-order valence-electron chi connectivity index (χ1n) is 10.8. The van der Waals surface area contributed by atoms with Crippen molar-refractivity contribution in [2.24, 2.45) is 5.92 Å². The van der Waals surface area contributed by atoms with Crippen LogP contribution >= 0.6 is 11.3 Å². The molecule has 0 unspecified atom stereocenters. The number of aromatic nitrogens is 2. The lowest BCUT2D eigenvalue weighted by Crippen LogP contribution is -2.37. The summed E-state index contributed by atoms with van der Waals surface area (Å²) in [5.74, 6) is 1.35. The molecule has 4 aromatic rings. The van der Waals surface area contributed by atoms with Crippen molar-refractivity contribution in [3.8, 4) is 21.8 Å². The number of piperidine rings is 1. The zero-order chi connectivity index (χ0) is 21.8. The largest absolute Gasteiger partial charge is 0.338 e. The highest BCUT2D eigenvalue weighted by Crippen LogP contribution is 2.29. The number of amides is 1. The van der Waals surface area contributed by atoms with Crippen LogP contribution in [0.5, 0.6) is 0 Å². The van der Waals surface area contributed by atoms with E-state index in [2.05, 4.69) is 32.5 Å². The van der Waals surface area contributed by atoms with Gasteiger partial charge in [-0.2, -0.15) is 4.98 Å². The average Bonchev–Trinajstić information content (AvgIpc) is 3.53. The summed E-state index contributed by atoms with van der Waals surface area (Å²) >= 11 is 1.60. The van der Waals surface area contributed by atoms with Crippen molar-refractivity contribution in [3.05, 3.63) is 78.0 Å². The second kappa shape index (κ2) is 9.46. The normalized spacial score (nSPS) is 15.0. The Hall–Kier alpha value is -3.29. The average molecular weight is 445 g/mol. The van der Waals surface area contributed by atoms with E-state index in [4.69, 9.17) is 4.52 Å². The van der Waals surface area contributed by atoms with Crippen LogP contribution in [0.4, 0.5) is 5.69 Å². The summed E-state index contributed by atoms with van der Waals surface area (Å²) < 4.78 is 5.42. The molecule has 6 nitrogen and oxygen atoms in total. The van der Waals surface area contributed by atoms with Crippen molar-refractivity contribution < 1.29 is 9.32 Å². The minimum atomic E-state index is -0.000514. The molecule has 0 atom stereocenters. The van der Waals surface area contributed by atoms with E-state index in [1.807, 2.05) is 60.0 Å². The SMILES string of the molecule is O=C(Nc1ccccc1-c1ccccc1)C1CCN(Cc2nc(-c3cccs3)no2)CC1. The number of likely N-dealkylation sites (tertiary alicyclic amines) is 1. The fourth-order valence-electron chi connectivity index (χ4n) is 4.07. The zero-order valence-electron chi connectivity index (χ0n) is 17.6. The van der Waals surface area contributed by atoms with Crippen LogP contribution in [0.15, 0.2) is 76.6 Å². The van der Waals surface area contributed by atoms with Gasteiger partial charge in [-0.1, -0.05) is 59.8 Å². The van der Waals surface area contributed by atoms with Crippen molar-refractivity contribution in [2.75, 3.05) is 18.4 Å². The number of anilines is 1. The minimum absolute atomic E-state index is 0.000514. The van der Waals surface area contributed by atoms with Gasteiger partial charge in [0.2, 0.25) is 17.6 Å². The quantitative estimate of drug-likeness (QED) is 0.436. The summed E-state index contributed by atoms with van der Waals surface area (Å²) in [5.41, 5.74) is 3.00. The second-order valence-electron chi connectivity index (χ2n) is 7.94. The number of rotatable bonds is 6. The molecule has 1 saturated heterocycles. The number of carbonyl (C=O) groups is 1. The molecule has 0 radical (unpaired) electrons. The Balaban J connectivity index is 1.17. The van der Waals surface area contributed by atoms with E-state index in [0.717, 1.165) is 47.6 Å². The van der Waals surface area contributed by atoms with Crippen LogP contribution in [0, 0.1) is 5.92 Å². The molecular formula is C25H24N4O2S. The van der Waals surface area contributed by atoms with Gasteiger partial charge in [0.25, 0.3) is 0 Å². The fourth-order valence-corrected chi connectivity index (χ4v) is 4.72. The van der Waals surface area contributed by atoms with Crippen molar-refractivity contribution in [1.29, 1.82) is 0 Å². The highest BCUT2D eigenvalue weighted by atomic mass is 32.1. The first-order chi connectivity index (χ1) is 15.8. The van der Waals surface area contributed by atoms with Crippen LogP contribution < -0.4 is 5.32 Å². The number of carbonyl (C=O) groups excluding carboxylic acids is 1. The van der Waals surface area contributed by atoms with Crippen molar-refractivity contribution >= 4 is 22.9 Å². The molecule has 2 aromatic carbocycles. The monoisotopic (exact) mass is 444 g/mol. The van der Waals surface area contributed by atoms with E-state index >= 15 is 0 Å². The van der Waals surface area contributed by atoms with Gasteiger partial charge in [-0.15, -0.1) is 11.3 Å². The number of hydrogen-bond donors (Lipinski definition) is 1. The van der Waals surface area contributed by atoms with Gasteiger partial charge in [-0.3, -0.25) is 9.69 Å². The van der Waals surface area contributed by atoms with Crippen molar-refractivity contribution in [3.63, 3.8) is 0 Å². The molecule has 1 aliphatic heterocycles. The van der Waals surface area contributed by atoms with Crippen molar-refractivity contribution in [1.82, 2.24) is 15.0 Å². The van der Waals surface area contributed by atoms with Crippen LogP contribution in [0.3, 0.4) is 0 Å². The van der Waals surface area contributed by atoms with E-state index in [1.165, 1.54) is 0 Å². The molecule has 2 aromatic heterocycles. The molecule has 32 heavy (non-hydrogen) atoms. The second-order valence-corrected chi connectivity index (χ2v) is 8.89. The predicted octanol–water partition coefficient (Wildman–Crippen LogP) is 5.32. The lowest BCUT2D eigenvalue weighted by molar-refractivity contribution is -0.121. The van der Waals surface area contributed by atoms with E-state index < -0.39 is 0 Å². The van der Waals surface area contributed by atoms with Gasteiger partial charge in [0.05, 0.1) is 11.4 Å². The molecule has 1 amide bonds. The van der Waals surface area contributed by atoms with Crippen LogP contribution in [0.25, 0.3) is 21.8 Å². The lowest BCUT2D eigenvalue weighted by Gasteiger charge is -2.30. The van der Waals surface area contributed by atoms with Gasteiger partial charge in [0.1, 0.15) is 0 Å². The first-order valence-corrected chi connectivity index (χ1v) is 11.7. The fraction of sp³-hybridized carbons (Fsp3) is 0.240. The third-order valence-electron chi connectivity index (χ3n) is 5.80. The maximum Gasteiger partial charge on any atom is 0.241 e. The Kier molecular flexibility index (Phi) is 6.09. The predicted molar refractivity (Wildman–Crippen MR) is 126 cm³/mol. The van der Waals surface area contributed by atoms with Gasteiger partial charge < -0.3 is 9.84 Å². The zero-order valence-corrected chi connectivity index (χ0v) is 18.4. The third kappa shape index (κ3) is 4.64. The summed E-state index contributed by atoms with van der Waals surface area (Å²) in [6.45, 7) is 2.27. The molecule has 0 saturated carbocycles. The first kappa shape index (κ1) is 20.6. The number of thiophene rings is 1. The maximum atomic E-state index is 13.0. The summed E-state index contributed by atoms with van der Waals surface area (Å²) in [6, 6.07) is 22.1. The molecule has 7 heteroatoms. The number of hydrogen-bond acceptors (Lipinski definition) is 6. The Morgan fingerprint density at radius 3 is 2.59 bits per heavy atom.